The molecule has 0 aromatic heterocycles. The van der Waals surface area contributed by atoms with Crippen molar-refractivity contribution in [2.75, 3.05) is 19.6 Å². The number of fused-ring (bicyclic) bond motifs is 2. The summed E-state index contributed by atoms with van der Waals surface area (Å²) < 4.78 is 0. The van der Waals surface area contributed by atoms with E-state index in [1.807, 2.05) is 11.8 Å². The van der Waals surface area contributed by atoms with Gasteiger partial charge in [-0.2, -0.15) is 0 Å². The molecule has 0 saturated heterocycles. The van der Waals surface area contributed by atoms with Gasteiger partial charge in [0.1, 0.15) is 0 Å². The van der Waals surface area contributed by atoms with Crippen molar-refractivity contribution in [1.29, 1.82) is 0 Å². The van der Waals surface area contributed by atoms with E-state index in [0.717, 1.165) is 26.1 Å². The maximum atomic E-state index is 2.50. The van der Waals surface area contributed by atoms with Gasteiger partial charge in [-0.25, -0.2) is 0 Å². The topological polar surface area (TPSA) is 3.24 Å². The fourth-order valence-electron chi connectivity index (χ4n) is 3.40. The van der Waals surface area contributed by atoms with E-state index in [0.29, 0.717) is 0 Å². The summed E-state index contributed by atoms with van der Waals surface area (Å²) >= 11 is 1.90. The summed E-state index contributed by atoms with van der Waals surface area (Å²) in [7, 11) is 0. The van der Waals surface area contributed by atoms with Gasteiger partial charge in [0.25, 0.3) is 0 Å². The normalized spacial score (nSPS) is 15.2. The van der Waals surface area contributed by atoms with Crippen molar-refractivity contribution in [3.05, 3.63) is 64.7 Å². The first-order valence-electron chi connectivity index (χ1n) is 8.94. The molecule has 0 N–H and O–H groups in total. The first kappa shape index (κ1) is 17.3. The van der Waals surface area contributed by atoms with E-state index in [1.54, 1.807) is 0 Å². The van der Waals surface area contributed by atoms with Crippen molar-refractivity contribution in [2.45, 2.75) is 43.9 Å². The van der Waals surface area contributed by atoms with Crippen molar-refractivity contribution in [3.8, 4) is 0 Å². The van der Waals surface area contributed by atoms with Crippen molar-refractivity contribution < 1.29 is 0 Å². The molecule has 0 unspecified atom stereocenters. The molecule has 1 aliphatic rings. The van der Waals surface area contributed by atoms with E-state index >= 15 is 0 Å². The van der Waals surface area contributed by atoms with Crippen LogP contribution in [-0.2, 0) is 0 Å². The van der Waals surface area contributed by atoms with Gasteiger partial charge in [0.2, 0.25) is 0 Å². The maximum absolute atomic E-state index is 2.50. The van der Waals surface area contributed by atoms with E-state index in [-0.39, 0.29) is 0 Å². The molecule has 2 heteroatoms. The highest BCUT2D eigenvalue weighted by molar-refractivity contribution is 7.99. The molecule has 24 heavy (non-hydrogen) atoms. The Hall–Kier alpha value is -1.51. The van der Waals surface area contributed by atoms with Gasteiger partial charge in [-0.1, -0.05) is 67.1 Å². The first-order chi connectivity index (χ1) is 11.6. The van der Waals surface area contributed by atoms with Crippen LogP contribution in [-0.4, -0.2) is 24.5 Å². The second-order valence-electron chi connectivity index (χ2n) is 6.53. The minimum atomic E-state index is 1.13. The zero-order valence-electron chi connectivity index (χ0n) is 15.2. The first-order valence-corrected chi connectivity index (χ1v) is 9.76. The lowest BCUT2D eigenvalue weighted by Gasteiger charge is -2.25. The van der Waals surface area contributed by atoms with Crippen LogP contribution in [0.4, 0.5) is 0 Å². The monoisotopic (exact) mass is 337 g/mol. The average molecular weight is 338 g/mol. The van der Waals surface area contributed by atoms with Crippen LogP contribution in [0.5, 0.6) is 0 Å². The summed E-state index contributed by atoms with van der Waals surface area (Å²) in [6, 6.07) is 15.7. The average Bonchev–Trinajstić information content (AvgIpc) is 2.60. The molecule has 0 saturated carbocycles. The molecule has 1 nitrogen and oxygen atoms in total. The molecule has 1 heterocycles. The highest BCUT2D eigenvalue weighted by Gasteiger charge is 2.22. The minimum Gasteiger partial charge on any atom is -0.304 e. The van der Waals surface area contributed by atoms with Gasteiger partial charge in [0.05, 0.1) is 0 Å². The van der Waals surface area contributed by atoms with E-state index in [1.165, 1.54) is 37.6 Å². The molecular formula is C22H27NS. The van der Waals surface area contributed by atoms with Crippen LogP contribution in [0, 0.1) is 6.92 Å². The predicted molar refractivity (Wildman–Crippen MR) is 106 cm³/mol. The van der Waals surface area contributed by atoms with E-state index in [2.05, 4.69) is 75.1 Å². The third kappa shape index (κ3) is 3.45. The zero-order valence-corrected chi connectivity index (χ0v) is 16.0. The summed E-state index contributed by atoms with van der Waals surface area (Å²) in [5, 5.41) is 0. The van der Waals surface area contributed by atoms with E-state index in [4.69, 9.17) is 0 Å². The fourth-order valence-corrected chi connectivity index (χ4v) is 4.47. The molecule has 0 aliphatic carbocycles. The van der Waals surface area contributed by atoms with Gasteiger partial charge < -0.3 is 4.90 Å². The Kier molecular flexibility index (Phi) is 5.47. The fraction of sp³-hybridized carbons (Fsp3) is 0.364. The summed E-state index contributed by atoms with van der Waals surface area (Å²) in [5.41, 5.74) is 7.10. The molecule has 2 aromatic rings. The molecule has 0 atom stereocenters. The van der Waals surface area contributed by atoms with Gasteiger partial charge in [0, 0.05) is 16.3 Å². The van der Waals surface area contributed by atoms with Crippen LogP contribution in [0.3, 0.4) is 0 Å². The lowest BCUT2D eigenvalue weighted by atomic mass is 9.91. The van der Waals surface area contributed by atoms with E-state index < -0.39 is 0 Å². The number of nitrogens with zero attached hydrogens (tertiary/aromatic N) is 1. The van der Waals surface area contributed by atoms with Gasteiger partial charge in [-0.3, -0.25) is 0 Å². The van der Waals surface area contributed by atoms with Crippen LogP contribution >= 0.6 is 11.8 Å². The highest BCUT2D eigenvalue weighted by Crippen LogP contribution is 2.47. The van der Waals surface area contributed by atoms with Gasteiger partial charge in [-0.05, 0) is 62.2 Å². The SMILES string of the molecule is CCN(CC)CCC(C)=C1c2ccccc2Sc2ccc(C)cc21. The highest BCUT2D eigenvalue weighted by atomic mass is 32.2. The molecule has 1 aliphatic heterocycles. The summed E-state index contributed by atoms with van der Waals surface area (Å²) in [6.07, 6.45) is 1.13. The molecule has 3 rings (SSSR count). The maximum Gasteiger partial charge on any atom is 0.0201 e. The van der Waals surface area contributed by atoms with Crippen molar-refractivity contribution in [2.24, 2.45) is 0 Å². The summed E-state index contributed by atoms with van der Waals surface area (Å²) in [6.45, 7) is 12.4. The Balaban J connectivity index is 2.05. The number of hydrogen-bond donors (Lipinski definition) is 0. The van der Waals surface area contributed by atoms with Gasteiger partial charge in [-0.15, -0.1) is 0 Å². The molecule has 0 radical (unpaired) electrons. The minimum absolute atomic E-state index is 1.13. The Bertz CT molecular complexity index is 756. The standard InChI is InChI=1S/C22H27NS/c1-5-23(6-2)14-13-17(4)22-18-9-7-8-10-20(18)24-21-12-11-16(3)15-19(21)22/h7-12,15H,5-6,13-14H2,1-4H3. The smallest absolute Gasteiger partial charge is 0.0201 e. The van der Waals surface area contributed by atoms with Crippen LogP contribution in [0.2, 0.25) is 0 Å². The van der Waals surface area contributed by atoms with Gasteiger partial charge >= 0.3 is 0 Å². The molecule has 0 amide bonds. The number of aryl methyl sites for hydroxylation is 1. The number of hydrogen-bond acceptors (Lipinski definition) is 2. The Morgan fingerprint density at radius 3 is 2.42 bits per heavy atom. The summed E-state index contributed by atoms with van der Waals surface area (Å²) in [5.74, 6) is 0. The summed E-state index contributed by atoms with van der Waals surface area (Å²) in [4.78, 5) is 5.27. The van der Waals surface area contributed by atoms with Gasteiger partial charge in [0.15, 0.2) is 0 Å². The van der Waals surface area contributed by atoms with E-state index in [9.17, 15) is 0 Å². The Morgan fingerprint density at radius 1 is 0.958 bits per heavy atom. The second-order valence-corrected chi connectivity index (χ2v) is 7.61. The van der Waals surface area contributed by atoms with Crippen LogP contribution in [0.15, 0.2) is 57.8 Å². The Morgan fingerprint density at radius 2 is 1.67 bits per heavy atom. The van der Waals surface area contributed by atoms with Crippen molar-refractivity contribution in [1.82, 2.24) is 4.90 Å². The van der Waals surface area contributed by atoms with Crippen molar-refractivity contribution >= 4 is 17.3 Å². The molecular weight excluding hydrogens is 310 g/mol. The third-order valence-electron chi connectivity index (χ3n) is 4.90. The predicted octanol–water partition coefficient (Wildman–Crippen LogP) is 6.01. The molecule has 0 fully saturated rings. The second kappa shape index (κ2) is 7.58. The quantitative estimate of drug-likeness (QED) is 0.560. The van der Waals surface area contributed by atoms with Crippen molar-refractivity contribution in [3.63, 3.8) is 0 Å². The molecule has 2 aromatic carbocycles. The third-order valence-corrected chi connectivity index (χ3v) is 6.06. The number of benzene rings is 2. The molecule has 0 bridgehead atoms. The molecule has 126 valence electrons. The lowest BCUT2D eigenvalue weighted by Crippen LogP contribution is -2.24. The van der Waals surface area contributed by atoms with Crippen LogP contribution in [0.25, 0.3) is 5.57 Å². The zero-order chi connectivity index (χ0) is 17.1. The van der Waals surface area contributed by atoms with Crippen LogP contribution < -0.4 is 0 Å². The Labute approximate surface area is 150 Å². The number of rotatable bonds is 5. The molecule has 0 spiro atoms. The largest absolute Gasteiger partial charge is 0.304 e. The lowest BCUT2D eigenvalue weighted by molar-refractivity contribution is 0.308. The van der Waals surface area contributed by atoms with Crippen LogP contribution in [0.1, 0.15) is 43.9 Å².